The molecule has 0 bridgehead atoms. The van der Waals surface area contributed by atoms with E-state index >= 15 is 0 Å². The van der Waals surface area contributed by atoms with Gasteiger partial charge in [0, 0.05) is 43.8 Å². The highest BCUT2D eigenvalue weighted by atomic mass is 16.2. The fourth-order valence-corrected chi connectivity index (χ4v) is 3.30. The number of nitrogens with one attached hydrogen (secondary N) is 1. The van der Waals surface area contributed by atoms with Crippen LogP contribution in [0.15, 0.2) is 67.1 Å². The van der Waals surface area contributed by atoms with Crippen molar-refractivity contribution in [2.75, 3.05) is 6.54 Å². The maximum Gasteiger partial charge on any atom is 0.272 e. The van der Waals surface area contributed by atoms with Crippen LogP contribution in [-0.4, -0.2) is 33.2 Å². The Labute approximate surface area is 163 Å². The second kappa shape index (κ2) is 8.00. The summed E-state index contributed by atoms with van der Waals surface area (Å²) in [6.07, 6.45) is 5.70. The Morgan fingerprint density at radius 3 is 2.61 bits per heavy atom. The van der Waals surface area contributed by atoms with Gasteiger partial charge in [-0.2, -0.15) is 0 Å². The first-order valence-electron chi connectivity index (χ1n) is 9.20. The monoisotopic (exact) mass is 372 g/mol. The Morgan fingerprint density at radius 1 is 1.00 bits per heavy atom. The van der Waals surface area contributed by atoms with E-state index in [0.717, 1.165) is 17.5 Å². The molecule has 0 atom stereocenters. The van der Waals surface area contributed by atoms with Crippen molar-refractivity contribution in [3.8, 4) is 0 Å². The van der Waals surface area contributed by atoms with E-state index in [1.54, 1.807) is 29.4 Å². The molecule has 1 N–H and O–H groups in total. The van der Waals surface area contributed by atoms with Gasteiger partial charge in [-0.25, -0.2) is 0 Å². The number of hydrogen-bond acceptors (Lipinski definition) is 4. The molecule has 4 rings (SSSR count). The van der Waals surface area contributed by atoms with Crippen LogP contribution < -0.4 is 5.32 Å². The minimum atomic E-state index is -0.239. The number of carbonyl (C=O) groups is 2. The van der Waals surface area contributed by atoms with Gasteiger partial charge >= 0.3 is 0 Å². The summed E-state index contributed by atoms with van der Waals surface area (Å²) in [6, 6.07) is 15.0. The molecule has 0 saturated carbocycles. The van der Waals surface area contributed by atoms with Crippen molar-refractivity contribution in [1.82, 2.24) is 20.2 Å². The molecule has 0 aliphatic carbocycles. The molecule has 0 fully saturated rings. The number of benzene rings is 1. The van der Waals surface area contributed by atoms with Crippen molar-refractivity contribution in [3.05, 3.63) is 95.1 Å². The molecule has 1 aliphatic rings. The van der Waals surface area contributed by atoms with Gasteiger partial charge in [-0.1, -0.05) is 24.3 Å². The smallest absolute Gasteiger partial charge is 0.272 e. The van der Waals surface area contributed by atoms with E-state index in [1.165, 1.54) is 11.8 Å². The van der Waals surface area contributed by atoms with Gasteiger partial charge < -0.3 is 10.2 Å². The Bertz CT molecular complexity index is 1000. The van der Waals surface area contributed by atoms with Gasteiger partial charge in [0.2, 0.25) is 0 Å². The Hall–Kier alpha value is -3.54. The zero-order chi connectivity index (χ0) is 19.3. The van der Waals surface area contributed by atoms with Crippen LogP contribution in [0, 0.1) is 0 Å². The van der Waals surface area contributed by atoms with E-state index in [9.17, 15) is 9.59 Å². The Balaban J connectivity index is 1.44. The van der Waals surface area contributed by atoms with Gasteiger partial charge in [0.05, 0.1) is 0 Å². The van der Waals surface area contributed by atoms with Gasteiger partial charge in [-0.05, 0) is 47.4 Å². The number of amides is 2. The third kappa shape index (κ3) is 3.91. The maximum atomic E-state index is 12.9. The van der Waals surface area contributed by atoms with Gasteiger partial charge in [0.1, 0.15) is 5.69 Å². The van der Waals surface area contributed by atoms with Crippen molar-refractivity contribution < 1.29 is 9.59 Å². The van der Waals surface area contributed by atoms with E-state index in [2.05, 4.69) is 21.4 Å². The summed E-state index contributed by atoms with van der Waals surface area (Å²) >= 11 is 0. The van der Waals surface area contributed by atoms with Gasteiger partial charge in [0.15, 0.2) is 0 Å². The first-order valence-corrected chi connectivity index (χ1v) is 9.20. The van der Waals surface area contributed by atoms with Crippen LogP contribution in [0.2, 0.25) is 0 Å². The summed E-state index contributed by atoms with van der Waals surface area (Å²) in [5.74, 6) is -0.393. The summed E-state index contributed by atoms with van der Waals surface area (Å²) in [5, 5.41) is 2.85. The second-order valence-electron chi connectivity index (χ2n) is 6.71. The van der Waals surface area contributed by atoms with E-state index in [-0.39, 0.29) is 17.5 Å². The normalized spacial score (nSPS) is 12.9. The lowest BCUT2D eigenvalue weighted by Crippen LogP contribution is -2.36. The molecule has 140 valence electrons. The standard InChI is InChI=1S/C22H20N4O2/c27-21(25-14-16-5-9-23-10-6-16)18-7-11-24-20(13-18)22(28)26-12-8-17-3-1-2-4-19(17)15-26/h1-7,9-11,13H,8,12,14-15H2,(H,25,27). The lowest BCUT2D eigenvalue weighted by atomic mass is 9.99. The molecular weight excluding hydrogens is 352 g/mol. The molecule has 2 amide bonds. The molecule has 0 saturated heterocycles. The summed E-state index contributed by atoms with van der Waals surface area (Å²) in [5.41, 5.74) is 4.11. The quantitative estimate of drug-likeness (QED) is 0.764. The number of nitrogens with zero attached hydrogens (tertiary/aromatic N) is 3. The third-order valence-electron chi connectivity index (χ3n) is 4.86. The molecule has 6 heteroatoms. The lowest BCUT2D eigenvalue weighted by Gasteiger charge is -2.28. The van der Waals surface area contributed by atoms with E-state index in [0.29, 0.717) is 25.2 Å². The van der Waals surface area contributed by atoms with Crippen molar-refractivity contribution in [2.24, 2.45) is 0 Å². The van der Waals surface area contributed by atoms with Gasteiger partial charge in [0.25, 0.3) is 11.8 Å². The van der Waals surface area contributed by atoms with Crippen LogP contribution in [0.25, 0.3) is 0 Å². The minimum Gasteiger partial charge on any atom is -0.348 e. The van der Waals surface area contributed by atoms with E-state index in [4.69, 9.17) is 0 Å². The molecule has 1 aliphatic heterocycles. The van der Waals surface area contributed by atoms with Crippen LogP contribution >= 0.6 is 0 Å². The third-order valence-corrected chi connectivity index (χ3v) is 4.86. The number of carbonyl (C=O) groups excluding carboxylic acids is 2. The lowest BCUT2D eigenvalue weighted by molar-refractivity contribution is 0.0728. The molecule has 0 radical (unpaired) electrons. The van der Waals surface area contributed by atoms with Gasteiger partial charge in [-0.3, -0.25) is 19.6 Å². The maximum absolute atomic E-state index is 12.9. The van der Waals surface area contributed by atoms with Crippen molar-refractivity contribution >= 4 is 11.8 Å². The molecule has 1 aromatic carbocycles. The molecular formula is C22H20N4O2. The molecule has 28 heavy (non-hydrogen) atoms. The number of hydrogen-bond donors (Lipinski definition) is 1. The first kappa shape index (κ1) is 17.9. The topological polar surface area (TPSA) is 75.2 Å². The SMILES string of the molecule is O=C(NCc1ccncc1)c1ccnc(C(=O)N2CCc3ccccc3C2)c1. The summed E-state index contributed by atoms with van der Waals surface area (Å²) in [7, 11) is 0. The highest BCUT2D eigenvalue weighted by Gasteiger charge is 2.23. The number of fused-ring (bicyclic) bond motifs is 1. The Kier molecular flexibility index (Phi) is 5.10. The average Bonchev–Trinajstić information content (AvgIpc) is 2.77. The number of aromatic nitrogens is 2. The van der Waals surface area contributed by atoms with E-state index < -0.39 is 0 Å². The summed E-state index contributed by atoms with van der Waals surface area (Å²) in [4.78, 5) is 35.3. The van der Waals surface area contributed by atoms with Crippen LogP contribution in [0.4, 0.5) is 0 Å². The Morgan fingerprint density at radius 2 is 1.79 bits per heavy atom. The fraction of sp³-hybridized carbons (Fsp3) is 0.182. The summed E-state index contributed by atoms with van der Waals surface area (Å²) < 4.78 is 0. The van der Waals surface area contributed by atoms with E-state index in [1.807, 2.05) is 30.3 Å². The molecule has 0 unspecified atom stereocenters. The number of pyridine rings is 2. The average molecular weight is 372 g/mol. The van der Waals surface area contributed by atoms with Crippen LogP contribution in [0.1, 0.15) is 37.5 Å². The zero-order valence-corrected chi connectivity index (χ0v) is 15.3. The van der Waals surface area contributed by atoms with Gasteiger partial charge in [-0.15, -0.1) is 0 Å². The van der Waals surface area contributed by atoms with Crippen LogP contribution in [-0.2, 0) is 19.5 Å². The predicted octanol–water partition coefficient (Wildman–Crippen LogP) is 2.61. The highest BCUT2D eigenvalue weighted by molar-refractivity contribution is 5.98. The van der Waals surface area contributed by atoms with Crippen molar-refractivity contribution in [3.63, 3.8) is 0 Å². The molecule has 0 spiro atoms. The number of rotatable bonds is 4. The summed E-state index contributed by atoms with van der Waals surface area (Å²) in [6.45, 7) is 1.61. The predicted molar refractivity (Wildman–Crippen MR) is 105 cm³/mol. The van der Waals surface area contributed by atoms with Crippen LogP contribution in [0.5, 0.6) is 0 Å². The van der Waals surface area contributed by atoms with Crippen molar-refractivity contribution in [1.29, 1.82) is 0 Å². The first-order chi connectivity index (χ1) is 13.7. The highest BCUT2D eigenvalue weighted by Crippen LogP contribution is 2.20. The molecule has 3 aromatic rings. The molecule has 6 nitrogen and oxygen atoms in total. The molecule has 3 heterocycles. The fourth-order valence-electron chi connectivity index (χ4n) is 3.30. The molecule has 2 aromatic heterocycles. The van der Waals surface area contributed by atoms with Crippen molar-refractivity contribution in [2.45, 2.75) is 19.5 Å². The zero-order valence-electron chi connectivity index (χ0n) is 15.3. The minimum absolute atomic E-state index is 0.154. The largest absolute Gasteiger partial charge is 0.348 e. The van der Waals surface area contributed by atoms with Crippen LogP contribution in [0.3, 0.4) is 0 Å². The second-order valence-corrected chi connectivity index (χ2v) is 6.71.